The van der Waals surface area contributed by atoms with E-state index in [9.17, 15) is 9.59 Å². The second kappa shape index (κ2) is 10.5. The third kappa shape index (κ3) is 4.85. The first kappa shape index (κ1) is 23.5. The number of carbonyl (C=O) groups is 2. The molecular formula is C23H27ClN2O6. The maximum atomic E-state index is 13.0. The van der Waals surface area contributed by atoms with Crippen molar-refractivity contribution in [2.45, 2.75) is 6.92 Å². The molecule has 0 aliphatic carbocycles. The van der Waals surface area contributed by atoms with Crippen molar-refractivity contribution < 1.29 is 28.5 Å². The van der Waals surface area contributed by atoms with E-state index in [2.05, 4.69) is 0 Å². The van der Waals surface area contributed by atoms with Gasteiger partial charge in [-0.3, -0.25) is 9.59 Å². The van der Waals surface area contributed by atoms with Gasteiger partial charge in [-0.15, -0.1) is 0 Å². The average Bonchev–Trinajstić information content (AvgIpc) is 2.83. The zero-order chi connectivity index (χ0) is 23.3. The summed E-state index contributed by atoms with van der Waals surface area (Å²) in [6.07, 6.45) is 0. The quantitative estimate of drug-likeness (QED) is 0.628. The Morgan fingerprint density at radius 2 is 1.50 bits per heavy atom. The molecule has 0 aromatic heterocycles. The topological polar surface area (TPSA) is 77.5 Å². The number of methoxy groups -OCH3 is 3. The third-order valence-electron chi connectivity index (χ3n) is 5.26. The van der Waals surface area contributed by atoms with Crippen molar-refractivity contribution in [2.75, 3.05) is 54.1 Å². The number of nitrogens with zero attached hydrogens (tertiary/aromatic N) is 2. The van der Waals surface area contributed by atoms with Crippen LogP contribution in [0.3, 0.4) is 0 Å². The van der Waals surface area contributed by atoms with E-state index in [1.807, 2.05) is 6.92 Å². The number of rotatable bonds is 7. The van der Waals surface area contributed by atoms with Gasteiger partial charge in [0.05, 0.1) is 38.5 Å². The summed E-state index contributed by atoms with van der Waals surface area (Å²) in [5.41, 5.74) is 0.864. The maximum absolute atomic E-state index is 13.0. The highest BCUT2D eigenvalue weighted by Crippen LogP contribution is 2.37. The highest BCUT2D eigenvalue weighted by atomic mass is 35.5. The third-order valence-corrected chi connectivity index (χ3v) is 5.54. The Hall–Kier alpha value is -3.13. The summed E-state index contributed by atoms with van der Waals surface area (Å²) in [4.78, 5) is 29.5. The Balaban J connectivity index is 1.70. The molecule has 1 fully saturated rings. The minimum absolute atomic E-state index is 0.151. The van der Waals surface area contributed by atoms with Gasteiger partial charge in [-0.2, -0.15) is 0 Å². The predicted molar refractivity (Wildman–Crippen MR) is 121 cm³/mol. The van der Waals surface area contributed by atoms with Gasteiger partial charge < -0.3 is 28.7 Å². The van der Waals surface area contributed by atoms with E-state index in [1.165, 1.54) is 14.2 Å². The van der Waals surface area contributed by atoms with E-state index in [4.69, 9.17) is 30.5 Å². The summed E-state index contributed by atoms with van der Waals surface area (Å²) < 4.78 is 21.4. The van der Waals surface area contributed by atoms with Crippen molar-refractivity contribution in [3.8, 4) is 23.0 Å². The van der Waals surface area contributed by atoms with Gasteiger partial charge in [-0.05, 0) is 31.2 Å². The molecule has 2 aromatic rings. The number of hydrogen-bond acceptors (Lipinski definition) is 6. The maximum Gasteiger partial charge on any atom is 0.257 e. The van der Waals surface area contributed by atoms with Crippen molar-refractivity contribution in [2.24, 2.45) is 0 Å². The number of carbonyl (C=O) groups excluding carboxylic acids is 2. The highest BCUT2D eigenvalue weighted by Gasteiger charge is 2.28. The summed E-state index contributed by atoms with van der Waals surface area (Å²) >= 11 is 6.31. The van der Waals surface area contributed by atoms with Gasteiger partial charge >= 0.3 is 0 Å². The van der Waals surface area contributed by atoms with E-state index >= 15 is 0 Å². The molecule has 0 saturated carbocycles. The summed E-state index contributed by atoms with van der Waals surface area (Å²) in [7, 11) is 4.57. The van der Waals surface area contributed by atoms with E-state index in [0.29, 0.717) is 71.9 Å². The molecule has 1 aliphatic rings. The van der Waals surface area contributed by atoms with E-state index < -0.39 is 0 Å². The molecule has 1 saturated heterocycles. The first-order chi connectivity index (χ1) is 15.4. The molecule has 3 rings (SSSR count). The number of amides is 2. The number of halogens is 1. The molecule has 8 nitrogen and oxygen atoms in total. The van der Waals surface area contributed by atoms with Crippen molar-refractivity contribution in [1.82, 2.24) is 9.80 Å². The summed E-state index contributed by atoms with van der Waals surface area (Å²) in [6, 6.07) is 8.29. The van der Waals surface area contributed by atoms with Gasteiger partial charge in [0, 0.05) is 37.8 Å². The van der Waals surface area contributed by atoms with Gasteiger partial charge in [-0.25, -0.2) is 0 Å². The predicted octanol–water partition coefficient (Wildman–Crippen LogP) is 3.36. The van der Waals surface area contributed by atoms with Gasteiger partial charge in [0.25, 0.3) is 11.8 Å². The number of hydrogen-bond donors (Lipinski definition) is 0. The van der Waals surface area contributed by atoms with Crippen LogP contribution in [0.5, 0.6) is 23.0 Å². The molecule has 172 valence electrons. The Labute approximate surface area is 192 Å². The normalized spacial score (nSPS) is 13.5. The molecular weight excluding hydrogens is 436 g/mol. The first-order valence-electron chi connectivity index (χ1n) is 10.2. The smallest absolute Gasteiger partial charge is 0.257 e. The van der Waals surface area contributed by atoms with Crippen LogP contribution in [0.4, 0.5) is 0 Å². The molecule has 1 heterocycles. The van der Waals surface area contributed by atoms with Crippen LogP contribution in [0.25, 0.3) is 0 Å². The van der Waals surface area contributed by atoms with Crippen molar-refractivity contribution in [3.63, 3.8) is 0 Å². The van der Waals surface area contributed by atoms with Crippen molar-refractivity contribution in [3.05, 3.63) is 46.5 Å². The molecule has 0 radical (unpaired) electrons. The lowest BCUT2D eigenvalue weighted by Gasteiger charge is -2.35. The standard InChI is InChI=1S/C23H27ClN2O6/c1-5-32-21-18(24)12-15(13-20(21)31-4)22(27)25-8-10-26(11-9-25)23(28)17-7-6-16(29-2)14-19(17)30-3/h6-7,12-14H,5,8-11H2,1-4H3. The minimum Gasteiger partial charge on any atom is -0.497 e. The van der Waals surface area contributed by atoms with E-state index in [0.717, 1.165) is 0 Å². The number of ether oxygens (including phenoxy) is 4. The molecule has 2 aromatic carbocycles. The fraction of sp³-hybridized carbons (Fsp3) is 0.391. The second-order valence-corrected chi connectivity index (χ2v) is 7.48. The van der Waals surface area contributed by atoms with Gasteiger partial charge in [-0.1, -0.05) is 11.6 Å². The lowest BCUT2D eigenvalue weighted by Crippen LogP contribution is -2.50. The summed E-state index contributed by atoms with van der Waals surface area (Å²) in [5, 5.41) is 0.315. The van der Waals surface area contributed by atoms with Gasteiger partial charge in [0.2, 0.25) is 0 Å². The molecule has 1 aliphatic heterocycles. The van der Waals surface area contributed by atoms with Crippen LogP contribution in [0.1, 0.15) is 27.6 Å². The minimum atomic E-state index is -0.178. The molecule has 0 atom stereocenters. The van der Waals surface area contributed by atoms with E-state index in [-0.39, 0.29) is 11.8 Å². The van der Waals surface area contributed by atoms with Crippen molar-refractivity contribution >= 4 is 23.4 Å². The molecule has 32 heavy (non-hydrogen) atoms. The summed E-state index contributed by atoms with van der Waals surface area (Å²) in [6.45, 7) is 3.88. The molecule has 2 amide bonds. The van der Waals surface area contributed by atoms with Gasteiger partial charge in [0.15, 0.2) is 11.5 Å². The lowest BCUT2D eigenvalue weighted by molar-refractivity contribution is 0.0533. The average molecular weight is 463 g/mol. The van der Waals surface area contributed by atoms with Crippen LogP contribution in [-0.2, 0) is 0 Å². The molecule has 0 bridgehead atoms. The van der Waals surface area contributed by atoms with Crippen LogP contribution in [0.2, 0.25) is 5.02 Å². The Kier molecular flexibility index (Phi) is 7.69. The van der Waals surface area contributed by atoms with Crippen LogP contribution >= 0.6 is 11.6 Å². The fourth-order valence-electron chi connectivity index (χ4n) is 3.57. The molecule has 9 heteroatoms. The molecule has 0 spiro atoms. The zero-order valence-electron chi connectivity index (χ0n) is 18.6. The van der Waals surface area contributed by atoms with Crippen LogP contribution in [-0.4, -0.2) is 75.7 Å². The number of piperazine rings is 1. The largest absolute Gasteiger partial charge is 0.497 e. The van der Waals surface area contributed by atoms with Crippen LogP contribution in [0.15, 0.2) is 30.3 Å². The van der Waals surface area contributed by atoms with Crippen molar-refractivity contribution in [1.29, 1.82) is 0 Å². The van der Waals surface area contributed by atoms with Gasteiger partial charge in [0.1, 0.15) is 11.5 Å². The fourth-order valence-corrected chi connectivity index (χ4v) is 3.83. The second-order valence-electron chi connectivity index (χ2n) is 7.07. The summed E-state index contributed by atoms with van der Waals surface area (Å²) in [5.74, 6) is 1.55. The Morgan fingerprint density at radius 1 is 0.875 bits per heavy atom. The monoisotopic (exact) mass is 462 g/mol. The van der Waals surface area contributed by atoms with Crippen LogP contribution < -0.4 is 18.9 Å². The highest BCUT2D eigenvalue weighted by molar-refractivity contribution is 6.32. The SMILES string of the molecule is CCOc1c(Cl)cc(C(=O)N2CCN(C(=O)c3ccc(OC)cc3OC)CC2)cc1OC. The van der Waals surface area contributed by atoms with E-state index in [1.54, 1.807) is 47.2 Å². The molecule has 0 unspecified atom stereocenters. The number of benzene rings is 2. The molecule has 0 N–H and O–H groups in total. The van der Waals surface area contributed by atoms with Crippen LogP contribution in [0, 0.1) is 0 Å². The Morgan fingerprint density at radius 3 is 2.06 bits per heavy atom. The first-order valence-corrected chi connectivity index (χ1v) is 10.6. The Bertz CT molecular complexity index is 989. The lowest BCUT2D eigenvalue weighted by atomic mass is 10.1. The zero-order valence-corrected chi connectivity index (χ0v) is 19.4.